The van der Waals surface area contributed by atoms with E-state index in [1.54, 1.807) is 16.7 Å². The molecule has 0 radical (unpaired) electrons. The molecule has 1 unspecified atom stereocenters. The van der Waals surface area contributed by atoms with E-state index in [2.05, 4.69) is 9.97 Å². The fraction of sp³-hybridized carbons (Fsp3) is 0.733. The Morgan fingerprint density at radius 2 is 2.05 bits per heavy atom. The van der Waals surface area contributed by atoms with Crippen molar-refractivity contribution in [1.29, 1.82) is 0 Å². The third-order valence-corrected chi connectivity index (χ3v) is 5.78. The van der Waals surface area contributed by atoms with E-state index in [4.69, 9.17) is 4.74 Å². The Balaban J connectivity index is 1.95. The zero-order chi connectivity index (χ0) is 16.0. The number of unbranched alkanes of at least 4 members (excludes halogenated alkanes) is 1. The van der Waals surface area contributed by atoms with Crippen molar-refractivity contribution in [1.82, 2.24) is 14.3 Å². The number of aromatic nitrogens is 2. The largest absolute Gasteiger partial charge is 0.459 e. The summed E-state index contributed by atoms with van der Waals surface area (Å²) in [7, 11) is -3.17. The van der Waals surface area contributed by atoms with Gasteiger partial charge in [-0.15, -0.1) is 0 Å². The Morgan fingerprint density at radius 3 is 2.68 bits per heavy atom. The maximum Gasteiger partial charge on any atom is 0.316 e. The van der Waals surface area contributed by atoms with Crippen molar-refractivity contribution in [3.63, 3.8) is 0 Å². The highest BCUT2D eigenvalue weighted by Crippen LogP contribution is 2.18. The Hall–Kier alpha value is -1.21. The maximum atomic E-state index is 12.3. The molecule has 1 aromatic rings. The lowest BCUT2D eigenvalue weighted by molar-refractivity contribution is 0.119. The SMILES string of the molecule is CCCCS(=O)(=O)N1CCCC(Oc2ncc(CC)cn2)C1. The molecule has 1 aliphatic heterocycles. The highest BCUT2D eigenvalue weighted by atomic mass is 32.2. The van der Waals surface area contributed by atoms with Gasteiger partial charge in [-0.05, 0) is 31.2 Å². The molecule has 2 rings (SSSR count). The molecular formula is C15H25N3O3S. The molecule has 7 heteroatoms. The van der Waals surface area contributed by atoms with E-state index in [9.17, 15) is 8.42 Å². The number of ether oxygens (including phenoxy) is 1. The van der Waals surface area contributed by atoms with Crippen molar-refractivity contribution in [2.75, 3.05) is 18.8 Å². The monoisotopic (exact) mass is 327 g/mol. The molecular weight excluding hydrogens is 302 g/mol. The molecule has 6 nitrogen and oxygen atoms in total. The molecule has 1 aliphatic rings. The van der Waals surface area contributed by atoms with Crippen LogP contribution in [0.4, 0.5) is 0 Å². The first-order valence-corrected chi connectivity index (χ1v) is 9.61. The lowest BCUT2D eigenvalue weighted by atomic mass is 10.1. The summed E-state index contributed by atoms with van der Waals surface area (Å²) in [6, 6.07) is 0.329. The highest BCUT2D eigenvalue weighted by molar-refractivity contribution is 7.89. The molecule has 0 aliphatic carbocycles. The van der Waals surface area contributed by atoms with Crippen molar-refractivity contribution in [2.24, 2.45) is 0 Å². The first kappa shape index (κ1) is 17.1. The predicted octanol–water partition coefficient (Wildman–Crippen LogP) is 2.01. The van der Waals surface area contributed by atoms with Gasteiger partial charge in [0.1, 0.15) is 6.10 Å². The van der Waals surface area contributed by atoms with E-state index in [-0.39, 0.29) is 11.9 Å². The average molecular weight is 327 g/mol. The van der Waals surface area contributed by atoms with E-state index >= 15 is 0 Å². The summed E-state index contributed by atoms with van der Waals surface area (Å²) >= 11 is 0. The summed E-state index contributed by atoms with van der Waals surface area (Å²) in [6.45, 7) is 5.01. The summed E-state index contributed by atoms with van der Waals surface area (Å²) in [5.74, 6) is 0.220. The van der Waals surface area contributed by atoms with Crippen LogP contribution in [0.5, 0.6) is 6.01 Å². The van der Waals surface area contributed by atoms with Crippen molar-refractivity contribution >= 4 is 10.0 Å². The molecule has 2 heterocycles. The van der Waals surface area contributed by atoms with Crippen LogP contribution in [0.1, 0.15) is 45.1 Å². The summed E-state index contributed by atoms with van der Waals surface area (Å²) in [4.78, 5) is 8.36. The first-order chi connectivity index (χ1) is 10.5. The van der Waals surface area contributed by atoms with E-state index in [0.717, 1.165) is 31.2 Å². The molecule has 0 amide bonds. The first-order valence-electron chi connectivity index (χ1n) is 8.00. The van der Waals surface area contributed by atoms with Crippen LogP contribution >= 0.6 is 0 Å². The second-order valence-corrected chi connectivity index (χ2v) is 7.73. The number of rotatable bonds is 7. The van der Waals surface area contributed by atoms with Gasteiger partial charge in [-0.3, -0.25) is 0 Å². The maximum absolute atomic E-state index is 12.3. The zero-order valence-electron chi connectivity index (χ0n) is 13.4. The van der Waals surface area contributed by atoms with E-state index in [1.165, 1.54) is 0 Å². The van der Waals surface area contributed by atoms with Crippen LogP contribution in [0.15, 0.2) is 12.4 Å². The number of hydrogen-bond acceptors (Lipinski definition) is 5. The standard InChI is InChI=1S/C15H25N3O3S/c1-3-5-9-22(19,20)18-8-6-7-14(12-18)21-15-16-10-13(4-2)11-17-15/h10-11,14H,3-9,12H2,1-2H3. The van der Waals surface area contributed by atoms with Gasteiger partial charge < -0.3 is 4.74 Å². The Morgan fingerprint density at radius 1 is 1.32 bits per heavy atom. The van der Waals surface area contributed by atoms with E-state index < -0.39 is 10.0 Å². The van der Waals surface area contributed by atoms with Crippen LogP contribution in [0.2, 0.25) is 0 Å². The van der Waals surface area contributed by atoms with E-state index in [1.807, 2.05) is 13.8 Å². The normalized spacial score (nSPS) is 20.0. The van der Waals surface area contributed by atoms with Gasteiger partial charge in [0.25, 0.3) is 0 Å². The molecule has 0 N–H and O–H groups in total. The fourth-order valence-electron chi connectivity index (χ4n) is 2.45. The van der Waals surface area contributed by atoms with Crippen molar-refractivity contribution < 1.29 is 13.2 Å². The fourth-order valence-corrected chi connectivity index (χ4v) is 4.16. The van der Waals surface area contributed by atoms with Crippen LogP contribution in [0, 0.1) is 0 Å². The van der Waals surface area contributed by atoms with E-state index in [0.29, 0.717) is 25.5 Å². The molecule has 1 saturated heterocycles. The summed E-state index contributed by atoms with van der Waals surface area (Å²) in [5, 5.41) is 0. The molecule has 1 atom stereocenters. The van der Waals surface area contributed by atoms with Crippen LogP contribution < -0.4 is 4.74 Å². The van der Waals surface area contributed by atoms with Gasteiger partial charge >= 0.3 is 6.01 Å². The average Bonchev–Trinajstić information content (AvgIpc) is 2.54. The van der Waals surface area contributed by atoms with Crippen molar-refractivity contribution in [3.8, 4) is 6.01 Å². The second kappa shape index (κ2) is 7.87. The van der Waals surface area contributed by atoms with Gasteiger partial charge in [0.15, 0.2) is 0 Å². The van der Waals surface area contributed by atoms with Crippen LogP contribution in [-0.2, 0) is 16.4 Å². The Bertz CT molecular complexity index is 560. The van der Waals surface area contributed by atoms with Gasteiger partial charge in [0.2, 0.25) is 10.0 Å². The Kier molecular flexibility index (Phi) is 6.14. The number of aryl methyl sites for hydroxylation is 1. The topological polar surface area (TPSA) is 72.4 Å². The molecule has 1 fully saturated rings. The third-order valence-electron chi connectivity index (χ3n) is 3.85. The van der Waals surface area contributed by atoms with Crippen molar-refractivity contribution in [3.05, 3.63) is 18.0 Å². The summed E-state index contributed by atoms with van der Waals surface area (Å²) in [5.41, 5.74) is 1.06. The molecule has 0 aromatic carbocycles. The van der Waals surface area contributed by atoms with Crippen LogP contribution in [0.25, 0.3) is 0 Å². The van der Waals surface area contributed by atoms with Gasteiger partial charge in [-0.2, -0.15) is 4.31 Å². The second-order valence-electron chi connectivity index (χ2n) is 5.64. The van der Waals surface area contributed by atoms with Crippen LogP contribution in [-0.4, -0.2) is 47.6 Å². The van der Waals surface area contributed by atoms with Crippen LogP contribution in [0.3, 0.4) is 0 Å². The minimum atomic E-state index is -3.17. The lowest BCUT2D eigenvalue weighted by Crippen LogP contribution is -2.45. The van der Waals surface area contributed by atoms with Gasteiger partial charge in [0, 0.05) is 18.9 Å². The zero-order valence-corrected chi connectivity index (χ0v) is 14.2. The minimum Gasteiger partial charge on any atom is -0.459 e. The van der Waals surface area contributed by atoms with Gasteiger partial charge in [0.05, 0.1) is 12.3 Å². The molecule has 1 aromatic heterocycles. The number of sulfonamides is 1. The lowest BCUT2D eigenvalue weighted by Gasteiger charge is -2.31. The summed E-state index contributed by atoms with van der Waals surface area (Å²) in [6.07, 6.45) is 7.44. The minimum absolute atomic E-state index is 0.169. The molecule has 22 heavy (non-hydrogen) atoms. The molecule has 0 bridgehead atoms. The predicted molar refractivity (Wildman–Crippen MR) is 85.3 cm³/mol. The van der Waals surface area contributed by atoms with Crippen molar-refractivity contribution in [2.45, 2.75) is 52.1 Å². The van der Waals surface area contributed by atoms with Gasteiger partial charge in [-0.1, -0.05) is 20.3 Å². The number of piperidine rings is 1. The quantitative estimate of drug-likeness (QED) is 0.766. The Labute approximate surface area is 133 Å². The smallest absolute Gasteiger partial charge is 0.316 e. The summed E-state index contributed by atoms with van der Waals surface area (Å²) < 4.78 is 31.8. The third kappa shape index (κ3) is 4.64. The van der Waals surface area contributed by atoms with Gasteiger partial charge in [-0.25, -0.2) is 18.4 Å². The number of nitrogens with zero attached hydrogens (tertiary/aromatic N) is 3. The molecule has 0 spiro atoms. The number of hydrogen-bond donors (Lipinski definition) is 0. The molecule has 124 valence electrons. The molecule has 0 saturated carbocycles. The highest BCUT2D eigenvalue weighted by Gasteiger charge is 2.29.